The molecular formula is C26H27FN8O. The van der Waals surface area contributed by atoms with E-state index in [0.717, 1.165) is 35.5 Å². The Morgan fingerprint density at radius 2 is 2.17 bits per heavy atom. The highest BCUT2D eigenvalue weighted by Gasteiger charge is 2.23. The van der Waals surface area contributed by atoms with Gasteiger partial charge < -0.3 is 10.2 Å². The van der Waals surface area contributed by atoms with Crippen LogP contribution in [0.5, 0.6) is 0 Å². The molecule has 2 N–H and O–H groups in total. The molecule has 0 fully saturated rings. The van der Waals surface area contributed by atoms with Gasteiger partial charge in [-0.2, -0.15) is 0 Å². The van der Waals surface area contributed by atoms with E-state index in [9.17, 15) is 9.18 Å². The van der Waals surface area contributed by atoms with Gasteiger partial charge in [-0.1, -0.05) is 18.2 Å². The van der Waals surface area contributed by atoms with Crippen molar-refractivity contribution >= 4 is 29.7 Å². The molecule has 184 valence electrons. The molecule has 0 spiro atoms. The van der Waals surface area contributed by atoms with Crippen molar-refractivity contribution in [2.45, 2.75) is 31.7 Å². The lowest BCUT2D eigenvalue weighted by atomic mass is 9.92. The number of fused-ring (bicyclic) bond motifs is 1. The van der Waals surface area contributed by atoms with Crippen molar-refractivity contribution in [3.05, 3.63) is 65.7 Å². The molecule has 9 nitrogen and oxygen atoms in total. The summed E-state index contributed by atoms with van der Waals surface area (Å²) in [5, 5.41) is 14.6. The minimum atomic E-state index is -0.367. The van der Waals surface area contributed by atoms with Crippen LogP contribution in [0.1, 0.15) is 43.0 Å². The van der Waals surface area contributed by atoms with Crippen LogP contribution in [0.3, 0.4) is 0 Å². The number of hydrogen-bond donors (Lipinski definition) is 2. The van der Waals surface area contributed by atoms with Crippen LogP contribution in [-0.4, -0.2) is 58.3 Å². The number of dihydropyridines is 1. The predicted molar refractivity (Wildman–Crippen MR) is 139 cm³/mol. The van der Waals surface area contributed by atoms with Gasteiger partial charge in [0.25, 0.3) is 5.95 Å². The van der Waals surface area contributed by atoms with E-state index in [1.807, 2.05) is 37.3 Å². The predicted octanol–water partition coefficient (Wildman–Crippen LogP) is 4.81. The number of urea groups is 1. The second-order valence-corrected chi connectivity index (χ2v) is 8.91. The third-order valence-corrected chi connectivity index (χ3v) is 6.30. The summed E-state index contributed by atoms with van der Waals surface area (Å²) >= 11 is 0. The van der Waals surface area contributed by atoms with E-state index >= 15 is 0 Å². The second kappa shape index (κ2) is 10.2. The number of aromatic nitrogens is 3. The molecular weight excluding hydrogens is 459 g/mol. The van der Waals surface area contributed by atoms with E-state index in [1.54, 1.807) is 19.5 Å². The fourth-order valence-electron chi connectivity index (χ4n) is 4.30. The third-order valence-electron chi connectivity index (χ3n) is 6.30. The van der Waals surface area contributed by atoms with Crippen LogP contribution in [-0.2, 0) is 0 Å². The monoisotopic (exact) mass is 486 g/mol. The molecule has 1 aromatic carbocycles. The third kappa shape index (κ3) is 5.07. The van der Waals surface area contributed by atoms with E-state index in [4.69, 9.17) is 0 Å². The second-order valence-electron chi connectivity index (χ2n) is 8.91. The Morgan fingerprint density at radius 3 is 2.94 bits per heavy atom. The zero-order valence-corrected chi connectivity index (χ0v) is 20.1. The Balaban J connectivity index is 1.43. The molecule has 10 heteroatoms. The number of carbonyl (C=O) groups is 1. The summed E-state index contributed by atoms with van der Waals surface area (Å²) < 4.78 is 13.7. The smallest absolute Gasteiger partial charge is 0.324 e. The Bertz CT molecular complexity index is 1330. The van der Waals surface area contributed by atoms with Crippen molar-refractivity contribution in [1.29, 1.82) is 0 Å². The highest BCUT2D eigenvalue weighted by molar-refractivity contribution is 6.00. The number of benzene rings is 1. The first kappa shape index (κ1) is 23.5. The van der Waals surface area contributed by atoms with Crippen LogP contribution in [0.4, 0.5) is 20.8 Å². The maximum Gasteiger partial charge on any atom is 0.324 e. The molecule has 2 amide bonds. The van der Waals surface area contributed by atoms with Gasteiger partial charge in [0, 0.05) is 36.3 Å². The molecule has 0 saturated carbocycles. The zero-order chi connectivity index (χ0) is 25.1. The molecule has 2 unspecified atom stereocenters. The SMILES string of the molecule is CC1N=CNc2ccc(-c3nnc(NC(=O)N(C)CC4=NCCC=C4)nc3C3C=CC(F)=CC3)cc21. The van der Waals surface area contributed by atoms with Crippen molar-refractivity contribution in [3.8, 4) is 11.3 Å². The fourth-order valence-corrected chi connectivity index (χ4v) is 4.30. The quantitative estimate of drug-likeness (QED) is 0.630. The molecule has 1 aliphatic carbocycles. The van der Waals surface area contributed by atoms with Gasteiger partial charge in [-0.05, 0) is 50.1 Å². The highest BCUT2D eigenvalue weighted by Crippen LogP contribution is 2.36. The molecule has 5 rings (SSSR count). The van der Waals surface area contributed by atoms with E-state index in [-0.39, 0.29) is 29.8 Å². The normalized spacial score (nSPS) is 20.2. The molecule has 3 aliphatic rings. The van der Waals surface area contributed by atoms with Crippen LogP contribution < -0.4 is 10.6 Å². The standard InChI is InChI=1S/C26H27FN8O/c1-16-21-13-18(8-11-22(21)30-15-29-16)24-23(17-6-9-19(27)10-7-17)31-25(34-33-24)32-26(36)35(2)14-20-5-3-4-12-28-20/h3,5-6,8-11,13,15-17H,4,7,12,14H2,1-2H3,(H,29,30)(H,31,32,34,36). The molecule has 2 aliphatic heterocycles. The largest absolute Gasteiger partial charge is 0.346 e. The number of hydrogen-bond acceptors (Lipinski definition) is 7. The average molecular weight is 487 g/mol. The number of carbonyl (C=O) groups excluding carboxylic acids is 1. The van der Waals surface area contributed by atoms with Crippen molar-refractivity contribution in [3.63, 3.8) is 0 Å². The van der Waals surface area contributed by atoms with E-state index in [2.05, 4.69) is 35.8 Å². The number of halogens is 1. The summed E-state index contributed by atoms with van der Waals surface area (Å²) in [6.45, 7) is 3.12. The Morgan fingerprint density at radius 1 is 1.28 bits per heavy atom. The van der Waals surface area contributed by atoms with E-state index in [0.29, 0.717) is 24.4 Å². The van der Waals surface area contributed by atoms with Gasteiger partial charge in [-0.25, -0.2) is 14.2 Å². The van der Waals surface area contributed by atoms with Crippen LogP contribution in [0.2, 0.25) is 0 Å². The summed E-state index contributed by atoms with van der Waals surface area (Å²) in [7, 11) is 1.69. The number of rotatable bonds is 5. The number of nitrogens with one attached hydrogen (secondary N) is 2. The van der Waals surface area contributed by atoms with Crippen LogP contribution in [0.15, 0.2) is 64.4 Å². The van der Waals surface area contributed by atoms with Gasteiger partial charge in [0.05, 0.1) is 30.3 Å². The first-order valence-corrected chi connectivity index (χ1v) is 11.9. The van der Waals surface area contributed by atoms with Crippen molar-refractivity contribution in [1.82, 2.24) is 20.1 Å². The lowest BCUT2D eigenvalue weighted by Gasteiger charge is -2.21. The fraction of sp³-hybridized carbons (Fsp3) is 0.308. The maximum atomic E-state index is 13.7. The van der Waals surface area contributed by atoms with Crippen LogP contribution in [0, 0.1) is 0 Å². The van der Waals surface area contributed by atoms with Gasteiger partial charge in [0.2, 0.25) is 0 Å². The number of allylic oxidation sites excluding steroid dienone is 4. The highest BCUT2D eigenvalue weighted by atomic mass is 19.1. The lowest BCUT2D eigenvalue weighted by molar-refractivity contribution is 0.227. The Hall–Kier alpha value is -4.21. The van der Waals surface area contributed by atoms with Gasteiger partial charge in [0.15, 0.2) is 0 Å². The number of amides is 2. The topological polar surface area (TPSA) is 108 Å². The molecule has 3 heterocycles. The van der Waals surface area contributed by atoms with Crippen LogP contribution >= 0.6 is 0 Å². The summed E-state index contributed by atoms with van der Waals surface area (Å²) in [4.78, 5) is 27.8. The summed E-state index contributed by atoms with van der Waals surface area (Å²) in [5.41, 5.74) is 4.88. The van der Waals surface area contributed by atoms with Crippen molar-refractivity contribution in [2.24, 2.45) is 9.98 Å². The molecule has 2 atom stereocenters. The Kier molecular flexibility index (Phi) is 6.66. The molecule has 36 heavy (non-hydrogen) atoms. The number of anilines is 2. The Labute approximate surface area is 208 Å². The molecule has 1 aromatic heterocycles. The molecule has 0 saturated heterocycles. The van der Waals surface area contributed by atoms with Gasteiger partial charge in [-0.3, -0.25) is 15.3 Å². The maximum absolute atomic E-state index is 13.7. The number of aliphatic imine (C=N–C) groups is 2. The van der Waals surface area contributed by atoms with Gasteiger partial charge >= 0.3 is 6.03 Å². The number of nitrogens with zero attached hydrogens (tertiary/aromatic N) is 6. The minimum absolute atomic E-state index is 0.00473. The first-order chi connectivity index (χ1) is 17.5. The summed E-state index contributed by atoms with van der Waals surface area (Å²) in [5.74, 6) is -0.404. The van der Waals surface area contributed by atoms with Crippen LogP contribution in [0.25, 0.3) is 11.3 Å². The van der Waals surface area contributed by atoms with E-state index in [1.165, 1.54) is 17.1 Å². The van der Waals surface area contributed by atoms with Crippen molar-refractivity contribution in [2.75, 3.05) is 30.8 Å². The van der Waals surface area contributed by atoms with Crippen molar-refractivity contribution < 1.29 is 9.18 Å². The summed E-state index contributed by atoms with van der Waals surface area (Å²) in [6, 6.07) is 5.57. The minimum Gasteiger partial charge on any atom is -0.346 e. The lowest BCUT2D eigenvalue weighted by Crippen LogP contribution is -2.36. The first-order valence-electron chi connectivity index (χ1n) is 11.9. The molecule has 2 aromatic rings. The van der Waals surface area contributed by atoms with Gasteiger partial charge in [-0.15, -0.1) is 10.2 Å². The molecule has 0 radical (unpaired) electrons. The van der Waals surface area contributed by atoms with E-state index < -0.39 is 0 Å². The molecule has 0 bridgehead atoms. The van der Waals surface area contributed by atoms with Gasteiger partial charge in [0.1, 0.15) is 11.5 Å². The zero-order valence-electron chi connectivity index (χ0n) is 20.1. The summed E-state index contributed by atoms with van der Waals surface area (Å²) in [6.07, 6.45) is 11.7. The average Bonchev–Trinajstić information content (AvgIpc) is 2.90.